The summed E-state index contributed by atoms with van der Waals surface area (Å²) in [6.07, 6.45) is 0. The predicted octanol–water partition coefficient (Wildman–Crippen LogP) is 5.54. The summed E-state index contributed by atoms with van der Waals surface area (Å²) < 4.78 is 1.13. The van der Waals surface area contributed by atoms with Crippen LogP contribution in [0.15, 0.2) is 34.8 Å². The van der Waals surface area contributed by atoms with Crippen LogP contribution >= 0.6 is 27.3 Å². The summed E-state index contributed by atoms with van der Waals surface area (Å²) in [5.74, 6) is 0. The van der Waals surface area contributed by atoms with Gasteiger partial charge in [0.05, 0.1) is 0 Å². The average molecular weight is 338 g/mol. The van der Waals surface area contributed by atoms with E-state index in [0.29, 0.717) is 12.1 Å². The average Bonchev–Trinajstić information content (AvgIpc) is 2.68. The molecule has 0 fully saturated rings. The maximum atomic E-state index is 3.68. The summed E-state index contributed by atoms with van der Waals surface area (Å²) in [6.45, 7) is 8.83. The van der Waals surface area contributed by atoms with Crippen molar-refractivity contribution in [3.63, 3.8) is 0 Å². The van der Waals surface area contributed by atoms with Crippen LogP contribution in [-0.4, -0.2) is 0 Å². The first-order valence-corrected chi connectivity index (χ1v) is 8.16. The Morgan fingerprint density at radius 2 is 1.84 bits per heavy atom. The van der Waals surface area contributed by atoms with Gasteiger partial charge in [-0.2, -0.15) is 0 Å². The lowest BCUT2D eigenvalue weighted by Gasteiger charge is -2.21. The van der Waals surface area contributed by atoms with Gasteiger partial charge in [0.25, 0.3) is 0 Å². The van der Waals surface area contributed by atoms with E-state index in [0.717, 1.165) is 4.47 Å². The summed E-state index contributed by atoms with van der Waals surface area (Å²) in [6, 6.07) is 11.5. The molecule has 1 N–H and O–H groups in total. The maximum absolute atomic E-state index is 3.68. The molecule has 1 nitrogen and oxygen atoms in total. The van der Waals surface area contributed by atoms with Crippen molar-refractivity contribution >= 4 is 27.3 Å². The zero-order chi connectivity index (χ0) is 14.0. The quantitative estimate of drug-likeness (QED) is 0.772. The van der Waals surface area contributed by atoms with E-state index in [2.05, 4.69) is 79.3 Å². The Hall–Kier alpha value is -0.640. The Balaban J connectivity index is 2.10. The minimum atomic E-state index is 0.340. The number of aryl methyl sites for hydroxylation is 2. The summed E-state index contributed by atoms with van der Waals surface area (Å²) in [4.78, 5) is 2.80. The predicted molar refractivity (Wildman–Crippen MR) is 87.9 cm³/mol. The zero-order valence-corrected chi connectivity index (χ0v) is 14.2. The monoisotopic (exact) mass is 337 g/mol. The molecular weight excluding hydrogens is 318 g/mol. The van der Waals surface area contributed by atoms with Crippen LogP contribution in [0.1, 0.15) is 46.8 Å². The second kappa shape index (κ2) is 6.21. The molecule has 1 heterocycles. The lowest BCUT2D eigenvalue weighted by Crippen LogP contribution is -2.22. The minimum Gasteiger partial charge on any atom is -0.304 e. The fourth-order valence-electron chi connectivity index (χ4n) is 2.42. The van der Waals surface area contributed by atoms with Crippen LogP contribution in [0.2, 0.25) is 0 Å². The Morgan fingerprint density at radius 1 is 1.11 bits per heavy atom. The number of hydrogen-bond donors (Lipinski definition) is 1. The van der Waals surface area contributed by atoms with E-state index in [-0.39, 0.29) is 0 Å². The number of hydrogen-bond acceptors (Lipinski definition) is 2. The summed E-state index contributed by atoms with van der Waals surface area (Å²) in [5.41, 5.74) is 2.73. The van der Waals surface area contributed by atoms with E-state index in [1.54, 1.807) is 0 Å². The minimum absolute atomic E-state index is 0.340. The normalized spacial score (nSPS) is 14.4. The van der Waals surface area contributed by atoms with Crippen LogP contribution in [0.4, 0.5) is 0 Å². The molecule has 2 rings (SSSR count). The summed E-state index contributed by atoms with van der Waals surface area (Å²) >= 11 is 5.41. The summed E-state index contributed by atoms with van der Waals surface area (Å²) in [5, 5.41) is 3.68. The van der Waals surface area contributed by atoms with Crippen LogP contribution in [0.3, 0.4) is 0 Å². The maximum Gasteiger partial charge on any atom is 0.0308 e. The molecule has 0 aliphatic heterocycles. The first-order chi connectivity index (χ1) is 8.97. The van der Waals surface area contributed by atoms with E-state index >= 15 is 0 Å². The van der Waals surface area contributed by atoms with E-state index in [4.69, 9.17) is 0 Å². The molecule has 19 heavy (non-hydrogen) atoms. The van der Waals surface area contributed by atoms with Gasteiger partial charge < -0.3 is 5.32 Å². The molecule has 0 radical (unpaired) electrons. The molecule has 0 aliphatic carbocycles. The second-order valence-corrected chi connectivity index (χ2v) is 7.41. The van der Waals surface area contributed by atoms with E-state index < -0.39 is 0 Å². The van der Waals surface area contributed by atoms with Crippen LogP contribution in [0.25, 0.3) is 0 Å². The van der Waals surface area contributed by atoms with Crippen molar-refractivity contribution in [3.8, 4) is 0 Å². The third kappa shape index (κ3) is 3.68. The fourth-order valence-corrected chi connectivity index (χ4v) is 3.86. The van der Waals surface area contributed by atoms with Gasteiger partial charge in [0.1, 0.15) is 0 Å². The molecule has 0 spiro atoms. The van der Waals surface area contributed by atoms with Gasteiger partial charge in [-0.3, -0.25) is 0 Å². The van der Waals surface area contributed by atoms with Gasteiger partial charge in [-0.05, 0) is 57.0 Å². The SMILES string of the molecule is Cc1cc(C(C)N[C@@H](C)c2cccc(Br)c2)c(C)s1. The van der Waals surface area contributed by atoms with Crippen molar-refractivity contribution in [1.29, 1.82) is 0 Å². The van der Waals surface area contributed by atoms with E-state index in [9.17, 15) is 0 Å². The van der Waals surface area contributed by atoms with Gasteiger partial charge in [-0.1, -0.05) is 28.1 Å². The van der Waals surface area contributed by atoms with Gasteiger partial charge in [-0.15, -0.1) is 11.3 Å². The Morgan fingerprint density at radius 3 is 2.42 bits per heavy atom. The molecule has 102 valence electrons. The van der Waals surface area contributed by atoms with Gasteiger partial charge >= 0.3 is 0 Å². The molecule has 2 aromatic rings. The molecule has 0 aliphatic rings. The standard InChI is InChI=1S/C16H20BrNS/c1-10-8-16(13(4)19-10)12(3)18-11(2)14-6-5-7-15(17)9-14/h5-9,11-12,18H,1-4H3/t11-,12?/m0/s1. The van der Waals surface area contributed by atoms with Crippen LogP contribution in [-0.2, 0) is 0 Å². The highest BCUT2D eigenvalue weighted by molar-refractivity contribution is 9.10. The van der Waals surface area contributed by atoms with Crippen molar-refractivity contribution in [3.05, 3.63) is 55.7 Å². The van der Waals surface area contributed by atoms with E-state index in [1.165, 1.54) is 20.9 Å². The topological polar surface area (TPSA) is 12.0 Å². The number of rotatable bonds is 4. The van der Waals surface area contributed by atoms with Gasteiger partial charge in [0.15, 0.2) is 0 Å². The molecule has 0 bridgehead atoms. The number of halogens is 1. The number of nitrogens with one attached hydrogen (secondary N) is 1. The zero-order valence-electron chi connectivity index (χ0n) is 11.8. The van der Waals surface area contributed by atoms with Crippen LogP contribution < -0.4 is 5.32 Å². The Bertz CT molecular complexity index is 562. The second-order valence-electron chi connectivity index (χ2n) is 5.03. The van der Waals surface area contributed by atoms with Crippen LogP contribution in [0.5, 0.6) is 0 Å². The van der Waals surface area contributed by atoms with Gasteiger partial charge in [0.2, 0.25) is 0 Å². The lowest BCUT2D eigenvalue weighted by molar-refractivity contribution is 0.494. The molecule has 1 aromatic heterocycles. The fraction of sp³-hybridized carbons (Fsp3) is 0.375. The first kappa shape index (κ1) is 14.8. The van der Waals surface area contributed by atoms with E-state index in [1.807, 2.05) is 11.3 Å². The lowest BCUT2D eigenvalue weighted by atomic mass is 10.0. The number of thiophene rings is 1. The molecule has 0 saturated heterocycles. The number of benzene rings is 1. The van der Waals surface area contributed by atoms with Crippen molar-refractivity contribution in [1.82, 2.24) is 5.32 Å². The molecule has 0 saturated carbocycles. The Kier molecular flexibility index (Phi) is 4.82. The molecule has 0 amide bonds. The Labute approximate surface area is 128 Å². The highest BCUT2D eigenvalue weighted by Crippen LogP contribution is 2.28. The third-order valence-corrected chi connectivity index (χ3v) is 4.87. The highest BCUT2D eigenvalue weighted by Gasteiger charge is 2.14. The molecule has 1 aromatic carbocycles. The van der Waals surface area contributed by atoms with Crippen molar-refractivity contribution < 1.29 is 0 Å². The molecular formula is C16H20BrNS. The van der Waals surface area contributed by atoms with Crippen molar-refractivity contribution in [2.24, 2.45) is 0 Å². The first-order valence-electron chi connectivity index (χ1n) is 6.56. The summed E-state index contributed by atoms with van der Waals surface area (Å²) in [7, 11) is 0. The van der Waals surface area contributed by atoms with Gasteiger partial charge in [-0.25, -0.2) is 0 Å². The van der Waals surface area contributed by atoms with Gasteiger partial charge in [0, 0.05) is 26.3 Å². The smallest absolute Gasteiger partial charge is 0.0308 e. The molecule has 1 unspecified atom stereocenters. The largest absolute Gasteiger partial charge is 0.304 e. The molecule has 2 atom stereocenters. The third-order valence-electron chi connectivity index (χ3n) is 3.39. The van der Waals surface area contributed by atoms with Crippen molar-refractivity contribution in [2.75, 3.05) is 0 Å². The van der Waals surface area contributed by atoms with Crippen molar-refractivity contribution in [2.45, 2.75) is 39.8 Å². The van der Waals surface area contributed by atoms with Crippen LogP contribution in [0, 0.1) is 13.8 Å². The highest BCUT2D eigenvalue weighted by atomic mass is 79.9. The molecule has 3 heteroatoms.